The quantitative estimate of drug-likeness (QED) is 0.780. The summed E-state index contributed by atoms with van der Waals surface area (Å²) in [7, 11) is 3.51. The van der Waals surface area contributed by atoms with Crippen LogP contribution in [0.1, 0.15) is 0 Å². The summed E-state index contributed by atoms with van der Waals surface area (Å²) in [6, 6.07) is 9.76. The maximum absolute atomic E-state index is 5.25. The molecule has 0 aliphatic rings. The molecule has 2 aromatic heterocycles. The summed E-state index contributed by atoms with van der Waals surface area (Å²) in [6.45, 7) is 0. The molecule has 0 fully saturated rings. The molecule has 3 rings (SSSR count). The molecule has 19 heavy (non-hydrogen) atoms. The van der Waals surface area contributed by atoms with Crippen LogP contribution in [0.15, 0.2) is 42.7 Å². The van der Waals surface area contributed by atoms with Crippen molar-refractivity contribution in [1.82, 2.24) is 14.6 Å². The lowest BCUT2D eigenvalue weighted by Crippen LogP contribution is -1.96. The molecule has 2 heterocycles. The van der Waals surface area contributed by atoms with E-state index in [0.29, 0.717) is 0 Å². The number of aromatic nitrogens is 3. The van der Waals surface area contributed by atoms with Crippen molar-refractivity contribution in [3.05, 3.63) is 42.7 Å². The monoisotopic (exact) mass is 254 g/mol. The Morgan fingerprint density at radius 1 is 1.26 bits per heavy atom. The summed E-state index contributed by atoms with van der Waals surface area (Å²) < 4.78 is 7.01. The summed E-state index contributed by atoms with van der Waals surface area (Å²) in [5.41, 5.74) is 2.84. The van der Waals surface area contributed by atoms with Crippen LogP contribution in [0.25, 0.3) is 16.8 Å². The Kier molecular flexibility index (Phi) is 2.79. The molecule has 0 bridgehead atoms. The highest BCUT2D eigenvalue weighted by Gasteiger charge is 2.09. The Morgan fingerprint density at radius 2 is 2.16 bits per heavy atom. The Morgan fingerprint density at radius 3 is 2.95 bits per heavy atom. The van der Waals surface area contributed by atoms with Crippen molar-refractivity contribution < 1.29 is 4.74 Å². The van der Waals surface area contributed by atoms with Gasteiger partial charge >= 0.3 is 0 Å². The molecular formula is C14H14N4O. The van der Waals surface area contributed by atoms with Crippen molar-refractivity contribution in [3.63, 3.8) is 0 Å². The molecule has 5 heteroatoms. The number of benzene rings is 1. The standard InChI is InChI=1S/C14H14N4O/c1-15-13-6-7-18-14(17-13)12(9-16-18)10-4-3-5-11(8-10)19-2/h3-9H,1-2H3,(H,15,17). The average Bonchev–Trinajstić information content (AvgIpc) is 2.90. The van der Waals surface area contributed by atoms with E-state index in [9.17, 15) is 0 Å². The van der Waals surface area contributed by atoms with E-state index in [4.69, 9.17) is 4.74 Å². The van der Waals surface area contributed by atoms with Crippen molar-refractivity contribution in [2.45, 2.75) is 0 Å². The minimum absolute atomic E-state index is 0.817. The third kappa shape index (κ3) is 1.99. The van der Waals surface area contributed by atoms with Crippen LogP contribution in [-0.2, 0) is 0 Å². The van der Waals surface area contributed by atoms with Crippen molar-refractivity contribution >= 4 is 11.5 Å². The van der Waals surface area contributed by atoms with Gasteiger partial charge in [-0.2, -0.15) is 5.10 Å². The second-order valence-corrected chi connectivity index (χ2v) is 4.12. The average molecular weight is 254 g/mol. The highest BCUT2D eigenvalue weighted by molar-refractivity contribution is 5.78. The predicted molar refractivity (Wildman–Crippen MR) is 74.5 cm³/mol. The van der Waals surface area contributed by atoms with Gasteiger partial charge in [0, 0.05) is 18.8 Å². The first-order valence-corrected chi connectivity index (χ1v) is 5.98. The van der Waals surface area contributed by atoms with Crippen molar-refractivity contribution in [1.29, 1.82) is 0 Å². The Hall–Kier alpha value is -2.56. The van der Waals surface area contributed by atoms with Gasteiger partial charge < -0.3 is 10.1 Å². The lowest BCUT2D eigenvalue weighted by molar-refractivity contribution is 0.415. The lowest BCUT2D eigenvalue weighted by atomic mass is 10.1. The third-order valence-electron chi connectivity index (χ3n) is 3.01. The SMILES string of the molecule is CNc1ccn2ncc(-c3cccc(OC)c3)c2n1. The van der Waals surface area contributed by atoms with Gasteiger partial charge in [0.05, 0.1) is 13.3 Å². The maximum Gasteiger partial charge on any atom is 0.165 e. The molecule has 0 aliphatic carbocycles. The van der Waals surface area contributed by atoms with Crippen LogP contribution in [0.3, 0.4) is 0 Å². The maximum atomic E-state index is 5.25. The minimum atomic E-state index is 0.817. The second-order valence-electron chi connectivity index (χ2n) is 4.12. The van der Waals surface area contributed by atoms with Gasteiger partial charge in [0.15, 0.2) is 5.65 Å². The molecule has 0 radical (unpaired) electrons. The number of hydrogen-bond acceptors (Lipinski definition) is 4. The van der Waals surface area contributed by atoms with E-state index < -0.39 is 0 Å². The fourth-order valence-electron chi connectivity index (χ4n) is 2.00. The van der Waals surface area contributed by atoms with E-state index in [1.165, 1.54) is 0 Å². The first-order valence-electron chi connectivity index (χ1n) is 5.98. The minimum Gasteiger partial charge on any atom is -0.497 e. The van der Waals surface area contributed by atoms with Gasteiger partial charge in [-0.15, -0.1) is 0 Å². The summed E-state index contributed by atoms with van der Waals surface area (Å²) in [5, 5.41) is 7.34. The Labute approximate surface area is 110 Å². The van der Waals surface area contributed by atoms with E-state index in [-0.39, 0.29) is 0 Å². The summed E-state index contributed by atoms with van der Waals surface area (Å²) in [5.74, 6) is 1.64. The molecule has 1 N–H and O–H groups in total. The molecular weight excluding hydrogens is 240 g/mol. The van der Waals surface area contributed by atoms with Crippen LogP contribution >= 0.6 is 0 Å². The number of nitrogens with zero attached hydrogens (tertiary/aromatic N) is 3. The largest absolute Gasteiger partial charge is 0.497 e. The van der Waals surface area contributed by atoms with Crippen molar-refractivity contribution in [2.24, 2.45) is 0 Å². The van der Waals surface area contributed by atoms with Crippen molar-refractivity contribution in [3.8, 4) is 16.9 Å². The molecule has 0 unspecified atom stereocenters. The van der Waals surface area contributed by atoms with Crippen LogP contribution in [0.4, 0.5) is 5.82 Å². The smallest absolute Gasteiger partial charge is 0.165 e. The lowest BCUT2D eigenvalue weighted by Gasteiger charge is -2.04. The zero-order valence-corrected chi connectivity index (χ0v) is 10.8. The van der Waals surface area contributed by atoms with Crippen LogP contribution in [0.2, 0.25) is 0 Å². The van der Waals surface area contributed by atoms with Gasteiger partial charge in [-0.05, 0) is 23.8 Å². The molecule has 0 amide bonds. The molecule has 5 nitrogen and oxygen atoms in total. The first kappa shape index (κ1) is 11.5. The highest BCUT2D eigenvalue weighted by atomic mass is 16.5. The summed E-state index contributed by atoms with van der Waals surface area (Å²) >= 11 is 0. The molecule has 0 saturated heterocycles. The topological polar surface area (TPSA) is 51.5 Å². The Balaban J connectivity index is 2.18. The van der Waals surface area contributed by atoms with Crippen LogP contribution in [0.5, 0.6) is 5.75 Å². The summed E-state index contributed by atoms with van der Waals surface area (Å²) in [4.78, 5) is 4.53. The second kappa shape index (κ2) is 4.61. The summed E-state index contributed by atoms with van der Waals surface area (Å²) in [6.07, 6.45) is 3.70. The van der Waals surface area contributed by atoms with Gasteiger partial charge in [0.2, 0.25) is 0 Å². The number of methoxy groups -OCH3 is 1. The number of nitrogens with one attached hydrogen (secondary N) is 1. The predicted octanol–water partition coefficient (Wildman–Crippen LogP) is 2.45. The number of fused-ring (bicyclic) bond motifs is 1. The third-order valence-corrected chi connectivity index (χ3v) is 3.01. The van der Waals surface area contributed by atoms with Gasteiger partial charge in [-0.1, -0.05) is 12.1 Å². The number of rotatable bonds is 3. The molecule has 0 atom stereocenters. The molecule has 0 aliphatic heterocycles. The number of hydrogen-bond donors (Lipinski definition) is 1. The number of ether oxygens (including phenoxy) is 1. The molecule has 0 spiro atoms. The molecule has 96 valence electrons. The van der Waals surface area contributed by atoms with E-state index in [1.54, 1.807) is 11.6 Å². The van der Waals surface area contributed by atoms with Gasteiger partial charge in [-0.3, -0.25) is 0 Å². The zero-order valence-electron chi connectivity index (χ0n) is 10.8. The fourth-order valence-corrected chi connectivity index (χ4v) is 2.00. The van der Waals surface area contributed by atoms with Crippen LogP contribution < -0.4 is 10.1 Å². The van der Waals surface area contributed by atoms with Crippen LogP contribution in [0, 0.1) is 0 Å². The highest BCUT2D eigenvalue weighted by Crippen LogP contribution is 2.27. The van der Waals surface area contributed by atoms with E-state index >= 15 is 0 Å². The zero-order chi connectivity index (χ0) is 13.2. The number of anilines is 1. The Bertz CT molecular complexity index is 720. The van der Waals surface area contributed by atoms with E-state index in [2.05, 4.69) is 15.4 Å². The van der Waals surface area contributed by atoms with E-state index in [1.807, 2.05) is 49.8 Å². The van der Waals surface area contributed by atoms with Gasteiger partial charge in [0.1, 0.15) is 11.6 Å². The molecule has 3 aromatic rings. The molecule has 1 aromatic carbocycles. The van der Waals surface area contributed by atoms with Gasteiger partial charge in [0.25, 0.3) is 0 Å². The van der Waals surface area contributed by atoms with E-state index in [0.717, 1.165) is 28.3 Å². The first-order chi connectivity index (χ1) is 9.31. The fraction of sp³-hybridized carbons (Fsp3) is 0.143. The van der Waals surface area contributed by atoms with Crippen molar-refractivity contribution in [2.75, 3.05) is 19.5 Å². The van der Waals surface area contributed by atoms with Gasteiger partial charge in [-0.25, -0.2) is 9.50 Å². The molecule has 0 saturated carbocycles. The normalized spacial score (nSPS) is 10.6. The van der Waals surface area contributed by atoms with Crippen LogP contribution in [-0.4, -0.2) is 28.8 Å².